The van der Waals surface area contributed by atoms with Crippen molar-refractivity contribution >= 4 is 10.9 Å². The van der Waals surface area contributed by atoms with Gasteiger partial charge in [-0.15, -0.1) is 0 Å². The van der Waals surface area contributed by atoms with Crippen LogP contribution in [0.5, 0.6) is 0 Å². The highest BCUT2D eigenvalue weighted by Crippen LogP contribution is 2.32. The van der Waals surface area contributed by atoms with Crippen molar-refractivity contribution in [1.29, 1.82) is 0 Å². The lowest BCUT2D eigenvalue weighted by molar-refractivity contribution is 0.629. The average Bonchev–Trinajstić information content (AvgIpc) is 2.85. The molecule has 1 aliphatic rings. The van der Waals surface area contributed by atoms with E-state index in [1.807, 2.05) is 22.9 Å². The number of halogens is 1. The highest BCUT2D eigenvalue weighted by atomic mass is 19.1. The Kier molecular flexibility index (Phi) is 1.55. The lowest BCUT2D eigenvalue weighted by Gasteiger charge is -1.98. The summed E-state index contributed by atoms with van der Waals surface area (Å²) in [7, 11) is 0. The summed E-state index contributed by atoms with van der Waals surface area (Å²) in [4.78, 5) is 0. The van der Waals surface area contributed by atoms with Gasteiger partial charge in [0.05, 0.1) is 16.9 Å². The summed E-state index contributed by atoms with van der Waals surface area (Å²) in [6, 6.07) is 12.9. The number of benzene rings is 2. The molecule has 0 bridgehead atoms. The highest BCUT2D eigenvalue weighted by Gasteiger charge is 2.22. The smallest absolute Gasteiger partial charge is 0.124 e. The van der Waals surface area contributed by atoms with Crippen molar-refractivity contribution in [3.8, 4) is 5.69 Å². The second kappa shape index (κ2) is 2.94. The number of fused-ring (bicyclic) bond motifs is 5. The van der Waals surface area contributed by atoms with E-state index in [1.165, 1.54) is 11.6 Å². The molecule has 2 heterocycles. The molecule has 3 heteroatoms. The van der Waals surface area contributed by atoms with E-state index in [-0.39, 0.29) is 5.82 Å². The number of hydrogen-bond donors (Lipinski definition) is 0. The first kappa shape index (κ1) is 8.93. The number of para-hydroxylation sites is 1. The molecule has 0 atom stereocenters. The summed E-state index contributed by atoms with van der Waals surface area (Å²) in [5.41, 5.74) is 4.30. The van der Waals surface area contributed by atoms with Crippen LogP contribution in [0.15, 0.2) is 42.5 Å². The predicted molar refractivity (Wildman–Crippen MR) is 63.8 cm³/mol. The largest absolute Gasteiger partial charge is 0.236 e. The number of hydrogen-bond acceptors (Lipinski definition) is 1. The lowest BCUT2D eigenvalue weighted by Crippen LogP contribution is -1.93. The van der Waals surface area contributed by atoms with Crippen LogP contribution in [-0.4, -0.2) is 9.78 Å². The van der Waals surface area contributed by atoms with E-state index in [9.17, 15) is 4.39 Å². The van der Waals surface area contributed by atoms with Crippen LogP contribution in [0.2, 0.25) is 0 Å². The monoisotopic (exact) mass is 224 g/mol. The van der Waals surface area contributed by atoms with Gasteiger partial charge in [0, 0.05) is 11.8 Å². The van der Waals surface area contributed by atoms with Crippen LogP contribution in [-0.2, 0) is 6.42 Å². The molecule has 82 valence electrons. The van der Waals surface area contributed by atoms with E-state index in [4.69, 9.17) is 0 Å². The summed E-state index contributed by atoms with van der Waals surface area (Å²) in [5.74, 6) is -0.204. The molecule has 17 heavy (non-hydrogen) atoms. The Morgan fingerprint density at radius 3 is 2.94 bits per heavy atom. The first-order valence-corrected chi connectivity index (χ1v) is 5.58. The molecule has 0 aliphatic carbocycles. The highest BCUT2D eigenvalue weighted by molar-refractivity contribution is 5.84. The fourth-order valence-corrected chi connectivity index (χ4v) is 2.53. The third-order valence-electron chi connectivity index (χ3n) is 3.31. The Morgan fingerprint density at radius 1 is 1.12 bits per heavy atom. The average molecular weight is 224 g/mol. The summed E-state index contributed by atoms with van der Waals surface area (Å²) >= 11 is 0. The second-order valence-electron chi connectivity index (χ2n) is 4.33. The van der Waals surface area contributed by atoms with Crippen molar-refractivity contribution in [3.05, 3.63) is 59.5 Å². The zero-order valence-corrected chi connectivity index (χ0v) is 9.02. The van der Waals surface area contributed by atoms with Crippen LogP contribution in [0.4, 0.5) is 4.39 Å². The summed E-state index contributed by atoms with van der Waals surface area (Å²) in [6.07, 6.45) is 0.829. The fourth-order valence-electron chi connectivity index (χ4n) is 2.53. The zero-order chi connectivity index (χ0) is 11.4. The Hall–Kier alpha value is -2.16. The minimum absolute atomic E-state index is 0.204. The third kappa shape index (κ3) is 1.11. The Bertz CT molecular complexity index is 743. The number of rotatable bonds is 0. The SMILES string of the molecule is Fc1ccc2nn3c(c2c1)Cc1ccccc1-3. The summed E-state index contributed by atoms with van der Waals surface area (Å²) in [6.45, 7) is 0. The molecule has 0 unspecified atom stereocenters. The van der Waals surface area contributed by atoms with Gasteiger partial charge in [-0.05, 0) is 29.8 Å². The molecule has 1 aromatic heterocycles. The molecule has 0 radical (unpaired) electrons. The van der Waals surface area contributed by atoms with Gasteiger partial charge in [-0.25, -0.2) is 9.07 Å². The Labute approximate surface area is 97.3 Å². The van der Waals surface area contributed by atoms with Crippen molar-refractivity contribution in [2.75, 3.05) is 0 Å². The van der Waals surface area contributed by atoms with Crippen molar-refractivity contribution in [1.82, 2.24) is 9.78 Å². The maximum Gasteiger partial charge on any atom is 0.124 e. The summed E-state index contributed by atoms with van der Waals surface area (Å²) < 4.78 is 15.2. The van der Waals surface area contributed by atoms with Crippen molar-refractivity contribution in [3.63, 3.8) is 0 Å². The quantitative estimate of drug-likeness (QED) is 0.449. The van der Waals surface area contributed by atoms with Crippen LogP contribution in [0.25, 0.3) is 16.6 Å². The van der Waals surface area contributed by atoms with Crippen LogP contribution in [0.1, 0.15) is 11.3 Å². The van der Waals surface area contributed by atoms with Gasteiger partial charge < -0.3 is 0 Å². The van der Waals surface area contributed by atoms with E-state index in [0.29, 0.717) is 0 Å². The van der Waals surface area contributed by atoms with Crippen molar-refractivity contribution < 1.29 is 4.39 Å². The van der Waals surface area contributed by atoms with E-state index in [2.05, 4.69) is 11.2 Å². The number of nitrogens with zero attached hydrogens (tertiary/aromatic N) is 2. The molecule has 0 fully saturated rings. The molecule has 0 saturated heterocycles. The summed E-state index contributed by atoms with van der Waals surface area (Å²) in [5, 5.41) is 5.44. The maximum atomic E-state index is 13.3. The Morgan fingerprint density at radius 2 is 2.00 bits per heavy atom. The van der Waals surface area contributed by atoms with Crippen LogP contribution in [0.3, 0.4) is 0 Å². The standard InChI is InChI=1S/C14H9FN2/c15-10-5-6-12-11(8-10)14-7-9-3-1-2-4-13(9)17(14)16-12/h1-6,8H,7H2. The van der Waals surface area contributed by atoms with Crippen molar-refractivity contribution in [2.24, 2.45) is 0 Å². The van der Waals surface area contributed by atoms with Crippen LogP contribution < -0.4 is 0 Å². The van der Waals surface area contributed by atoms with Gasteiger partial charge in [0.25, 0.3) is 0 Å². The lowest BCUT2D eigenvalue weighted by atomic mass is 10.1. The molecular formula is C14H9FN2. The molecule has 2 aromatic carbocycles. The maximum absolute atomic E-state index is 13.3. The Balaban J connectivity index is 2.09. The minimum Gasteiger partial charge on any atom is -0.236 e. The third-order valence-corrected chi connectivity index (χ3v) is 3.31. The normalized spacial score (nSPS) is 12.8. The topological polar surface area (TPSA) is 17.8 Å². The predicted octanol–water partition coefficient (Wildman–Crippen LogP) is 3.07. The van der Waals surface area contributed by atoms with Crippen LogP contribution >= 0.6 is 0 Å². The van der Waals surface area contributed by atoms with Gasteiger partial charge in [0.2, 0.25) is 0 Å². The molecule has 0 spiro atoms. The van der Waals surface area contributed by atoms with Crippen LogP contribution in [0, 0.1) is 5.82 Å². The molecule has 4 rings (SSSR count). The van der Waals surface area contributed by atoms with Gasteiger partial charge in [-0.1, -0.05) is 18.2 Å². The van der Waals surface area contributed by atoms with Gasteiger partial charge >= 0.3 is 0 Å². The van der Waals surface area contributed by atoms with E-state index < -0.39 is 0 Å². The fraction of sp³-hybridized carbons (Fsp3) is 0.0714. The zero-order valence-electron chi connectivity index (χ0n) is 9.02. The van der Waals surface area contributed by atoms with Gasteiger partial charge in [-0.2, -0.15) is 5.10 Å². The molecule has 0 N–H and O–H groups in total. The molecule has 3 aromatic rings. The molecule has 0 saturated carbocycles. The molecule has 0 amide bonds. The van der Waals surface area contributed by atoms with E-state index >= 15 is 0 Å². The number of aromatic nitrogens is 2. The van der Waals surface area contributed by atoms with Gasteiger partial charge in [-0.3, -0.25) is 0 Å². The first-order chi connectivity index (χ1) is 8.33. The first-order valence-electron chi connectivity index (χ1n) is 5.58. The second-order valence-corrected chi connectivity index (χ2v) is 4.33. The molecular weight excluding hydrogens is 215 g/mol. The van der Waals surface area contributed by atoms with E-state index in [1.54, 1.807) is 12.1 Å². The molecule has 1 aliphatic heterocycles. The molecule has 2 nitrogen and oxygen atoms in total. The van der Waals surface area contributed by atoms with Crippen molar-refractivity contribution in [2.45, 2.75) is 6.42 Å². The minimum atomic E-state index is -0.204. The van der Waals surface area contributed by atoms with Gasteiger partial charge in [0.15, 0.2) is 0 Å². The van der Waals surface area contributed by atoms with Gasteiger partial charge in [0.1, 0.15) is 5.82 Å². The van der Waals surface area contributed by atoms with E-state index in [0.717, 1.165) is 28.7 Å².